The lowest BCUT2D eigenvalue weighted by Gasteiger charge is -2.33. The van der Waals surface area contributed by atoms with Crippen LogP contribution in [0, 0.1) is 19.8 Å². The van der Waals surface area contributed by atoms with Crippen LogP contribution in [0.4, 0.5) is 10.6 Å². The fourth-order valence-electron chi connectivity index (χ4n) is 3.63. The fourth-order valence-corrected chi connectivity index (χ4v) is 3.63. The van der Waals surface area contributed by atoms with Gasteiger partial charge in [-0.15, -0.1) is 0 Å². The minimum Gasteiger partial charge on any atom is -0.456 e. The summed E-state index contributed by atoms with van der Waals surface area (Å²) < 4.78 is 5.94. The van der Waals surface area contributed by atoms with Crippen molar-refractivity contribution >= 4 is 17.9 Å². The first kappa shape index (κ1) is 21.5. The third kappa shape index (κ3) is 5.49. The van der Waals surface area contributed by atoms with E-state index in [1.807, 2.05) is 49.1 Å². The molecule has 32 heavy (non-hydrogen) atoms. The molecule has 164 valence electrons. The average molecular weight is 430 g/mol. The Kier molecular flexibility index (Phi) is 6.44. The average Bonchev–Trinajstić information content (AvgIpc) is 2.78. The van der Waals surface area contributed by atoms with Gasteiger partial charge in [-0.05, 0) is 56.0 Å². The second-order valence-electron chi connectivity index (χ2n) is 8.10. The van der Waals surface area contributed by atoms with Crippen LogP contribution in [-0.4, -0.2) is 39.0 Å². The van der Waals surface area contributed by atoms with Gasteiger partial charge < -0.3 is 9.64 Å². The Balaban J connectivity index is 1.38. The van der Waals surface area contributed by atoms with Crippen molar-refractivity contribution in [3.05, 3.63) is 77.5 Å². The summed E-state index contributed by atoms with van der Waals surface area (Å²) in [5, 5.41) is 2.83. The lowest BCUT2D eigenvalue weighted by Crippen LogP contribution is -2.42. The van der Waals surface area contributed by atoms with Crippen LogP contribution in [-0.2, 0) is 0 Å². The van der Waals surface area contributed by atoms with Crippen LogP contribution < -0.4 is 10.1 Å². The van der Waals surface area contributed by atoms with Crippen LogP contribution in [0.1, 0.15) is 30.3 Å². The number of aryl methyl sites for hydroxylation is 2. The third-order valence-electron chi connectivity index (χ3n) is 5.43. The molecule has 3 aromatic rings. The zero-order valence-electron chi connectivity index (χ0n) is 18.6. The number of pyridine rings is 1. The smallest absolute Gasteiger partial charge is 0.323 e. The number of ether oxygens (including phenoxy) is 1. The van der Waals surface area contributed by atoms with Crippen LogP contribution in [0.25, 0.3) is 6.08 Å². The normalized spacial score (nSPS) is 17.3. The van der Waals surface area contributed by atoms with Crippen molar-refractivity contribution in [1.29, 1.82) is 0 Å². The first-order valence-electron chi connectivity index (χ1n) is 10.7. The van der Waals surface area contributed by atoms with E-state index >= 15 is 0 Å². The molecule has 2 aromatic heterocycles. The predicted molar refractivity (Wildman–Crippen MR) is 125 cm³/mol. The highest BCUT2D eigenvalue weighted by Gasteiger charge is 2.24. The molecule has 0 bridgehead atoms. The maximum absolute atomic E-state index is 12.6. The van der Waals surface area contributed by atoms with Gasteiger partial charge in [0.1, 0.15) is 11.5 Å². The van der Waals surface area contributed by atoms with Crippen LogP contribution in [0.15, 0.2) is 60.6 Å². The standard InChI is InChI=1S/C25H27N5O2/c1-17-16-30(25(31)29-24-15-27-19(3)13-28-24)10-9-21(17)11-20-5-4-6-22(12-20)32-23-8-7-18(2)26-14-23/h4-8,11-15,17H,9-10,16H2,1-3H3,(H,28,29,31)/b21-11+. The highest BCUT2D eigenvalue weighted by Crippen LogP contribution is 2.27. The number of nitrogens with zero attached hydrogens (tertiary/aromatic N) is 4. The summed E-state index contributed by atoms with van der Waals surface area (Å²) in [6.07, 6.45) is 7.97. The highest BCUT2D eigenvalue weighted by molar-refractivity contribution is 5.88. The molecule has 0 radical (unpaired) electrons. The van der Waals surface area contributed by atoms with E-state index in [4.69, 9.17) is 4.74 Å². The lowest BCUT2D eigenvalue weighted by molar-refractivity contribution is 0.197. The SMILES string of the molecule is Cc1ccc(Oc2cccc(/C=C3\CCN(C(=O)Nc4cnc(C)cn4)CC3C)c2)cn1. The summed E-state index contributed by atoms with van der Waals surface area (Å²) >= 11 is 0. The molecule has 1 aromatic carbocycles. The van der Waals surface area contributed by atoms with Gasteiger partial charge >= 0.3 is 6.03 Å². The van der Waals surface area contributed by atoms with E-state index in [0.717, 1.165) is 29.1 Å². The zero-order chi connectivity index (χ0) is 22.5. The topological polar surface area (TPSA) is 80.2 Å². The zero-order valence-corrected chi connectivity index (χ0v) is 18.6. The van der Waals surface area contributed by atoms with E-state index in [9.17, 15) is 4.79 Å². The molecule has 7 nitrogen and oxygen atoms in total. The molecule has 0 aliphatic carbocycles. The molecular formula is C25H27N5O2. The van der Waals surface area contributed by atoms with Gasteiger partial charge in [0, 0.05) is 18.8 Å². The van der Waals surface area contributed by atoms with E-state index in [-0.39, 0.29) is 11.9 Å². The van der Waals surface area contributed by atoms with Crippen molar-refractivity contribution in [3.8, 4) is 11.5 Å². The molecule has 1 aliphatic heterocycles. The first-order valence-corrected chi connectivity index (χ1v) is 10.7. The van der Waals surface area contributed by atoms with Gasteiger partial charge in [0.2, 0.25) is 0 Å². The van der Waals surface area contributed by atoms with Gasteiger partial charge in [-0.2, -0.15) is 0 Å². The number of piperidine rings is 1. The first-order chi connectivity index (χ1) is 15.5. The molecule has 0 spiro atoms. The molecule has 4 rings (SSSR count). The Morgan fingerprint density at radius 3 is 2.62 bits per heavy atom. The molecule has 1 N–H and O–H groups in total. The largest absolute Gasteiger partial charge is 0.456 e. The summed E-state index contributed by atoms with van der Waals surface area (Å²) in [5.41, 5.74) is 4.17. The summed E-state index contributed by atoms with van der Waals surface area (Å²) in [4.78, 5) is 27.1. The van der Waals surface area contributed by atoms with Crippen molar-refractivity contribution in [1.82, 2.24) is 19.9 Å². The Bertz CT molecular complexity index is 1110. The Morgan fingerprint density at radius 1 is 1.06 bits per heavy atom. The fraction of sp³-hybridized carbons (Fsp3) is 0.280. The quantitative estimate of drug-likeness (QED) is 0.614. The lowest BCUT2D eigenvalue weighted by atomic mass is 9.91. The molecule has 2 amide bonds. The Hall–Kier alpha value is -3.74. The van der Waals surface area contributed by atoms with E-state index in [2.05, 4.69) is 39.3 Å². The summed E-state index contributed by atoms with van der Waals surface area (Å²) in [6, 6.07) is 11.7. The van der Waals surface area contributed by atoms with E-state index in [0.29, 0.717) is 24.7 Å². The van der Waals surface area contributed by atoms with Gasteiger partial charge in [0.15, 0.2) is 5.82 Å². The number of benzene rings is 1. The van der Waals surface area contributed by atoms with Crippen molar-refractivity contribution in [2.24, 2.45) is 5.92 Å². The molecule has 7 heteroatoms. The number of carbonyl (C=O) groups is 1. The highest BCUT2D eigenvalue weighted by atomic mass is 16.5. The molecule has 1 saturated heterocycles. The summed E-state index contributed by atoms with van der Waals surface area (Å²) in [6.45, 7) is 7.27. The molecule has 1 aliphatic rings. The predicted octanol–water partition coefficient (Wildman–Crippen LogP) is 5.24. The number of carbonyl (C=O) groups excluding carboxylic acids is 1. The number of hydrogen-bond acceptors (Lipinski definition) is 5. The van der Waals surface area contributed by atoms with Gasteiger partial charge in [-0.1, -0.05) is 30.7 Å². The van der Waals surface area contributed by atoms with Gasteiger partial charge in [0.05, 0.1) is 24.3 Å². The van der Waals surface area contributed by atoms with Crippen LogP contribution in [0.3, 0.4) is 0 Å². The Morgan fingerprint density at radius 2 is 1.91 bits per heavy atom. The minimum atomic E-state index is -0.142. The number of nitrogens with one attached hydrogen (secondary N) is 1. The van der Waals surface area contributed by atoms with E-state index < -0.39 is 0 Å². The van der Waals surface area contributed by atoms with Crippen molar-refractivity contribution < 1.29 is 9.53 Å². The molecule has 1 fully saturated rings. The third-order valence-corrected chi connectivity index (χ3v) is 5.43. The summed E-state index contributed by atoms with van der Waals surface area (Å²) in [5.74, 6) is 2.21. The molecule has 1 atom stereocenters. The number of anilines is 1. The van der Waals surface area contributed by atoms with Crippen molar-refractivity contribution in [2.45, 2.75) is 27.2 Å². The number of urea groups is 1. The second kappa shape index (κ2) is 9.60. The van der Waals surface area contributed by atoms with Crippen LogP contribution in [0.2, 0.25) is 0 Å². The van der Waals surface area contributed by atoms with E-state index in [1.54, 1.807) is 18.6 Å². The molecular weight excluding hydrogens is 402 g/mol. The van der Waals surface area contributed by atoms with Crippen molar-refractivity contribution in [3.63, 3.8) is 0 Å². The minimum absolute atomic E-state index is 0.142. The Labute approximate surface area is 188 Å². The molecule has 1 unspecified atom stereocenters. The van der Waals surface area contributed by atoms with Gasteiger partial charge in [-0.3, -0.25) is 15.3 Å². The number of rotatable bonds is 4. The van der Waals surface area contributed by atoms with Crippen LogP contribution >= 0.6 is 0 Å². The number of likely N-dealkylation sites (tertiary alicyclic amines) is 1. The maximum Gasteiger partial charge on any atom is 0.323 e. The van der Waals surface area contributed by atoms with E-state index in [1.165, 1.54) is 5.57 Å². The maximum atomic E-state index is 12.6. The van der Waals surface area contributed by atoms with Crippen LogP contribution in [0.5, 0.6) is 11.5 Å². The molecule has 3 heterocycles. The van der Waals surface area contributed by atoms with Gasteiger partial charge in [-0.25, -0.2) is 9.78 Å². The molecule has 0 saturated carbocycles. The summed E-state index contributed by atoms with van der Waals surface area (Å²) in [7, 11) is 0. The van der Waals surface area contributed by atoms with Crippen molar-refractivity contribution in [2.75, 3.05) is 18.4 Å². The number of aromatic nitrogens is 3. The number of hydrogen-bond donors (Lipinski definition) is 1. The monoisotopic (exact) mass is 429 g/mol. The van der Waals surface area contributed by atoms with Gasteiger partial charge in [0.25, 0.3) is 0 Å². The second-order valence-corrected chi connectivity index (χ2v) is 8.10. The number of amides is 2.